The fourth-order valence-corrected chi connectivity index (χ4v) is 7.49. The molecule has 2 bridgehead atoms. The van der Waals surface area contributed by atoms with Crippen molar-refractivity contribution in [3.05, 3.63) is 60.2 Å². The molecule has 0 radical (unpaired) electrons. The lowest BCUT2D eigenvalue weighted by molar-refractivity contribution is -0.142. The summed E-state index contributed by atoms with van der Waals surface area (Å²) in [5, 5.41) is 6.24. The Kier molecular flexibility index (Phi) is 7.04. The van der Waals surface area contributed by atoms with Crippen molar-refractivity contribution < 1.29 is 33.3 Å². The molecule has 0 unspecified atom stereocenters. The fourth-order valence-electron chi connectivity index (χ4n) is 7.49. The van der Waals surface area contributed by atoms with Gasteiger partial charge < -0.3 is 34.5 Å². The second kappa shape index (κ2) is 10.9. The molecule has 2 N–H and O–H groups in total. The van der Waals surface area contributed by atoms with Gasteiger partial charge in [-0.15, -0.1) is 0 Å². The number of carbonyl (C=O) groups is 3. The van der Waals surface area contributed by atoms with E-state index in [0.717, 1.165) is 31.2 Å². The summed E-state index contributed by atoms with van der Waals surface area (Å²) in [5.74, 6) is -0.155. The Balaban J connectivity index is 1.19. The predicted molar refractivity (Wildman–Crippen MR) is 156 cm³/mol. The summed E-state index contributed by atoms with van der Waals surface area (Å²) in [5.41, 5.74) is 0.158. The minimum atomic E-state index is -1.24. The molecule has 7 rings (SSSR count). The lowest BCUT2D eigenvalue weighted by atomic mass is 9.74. The maximum Gasteiger partial charge on any atom is 0.246 e. The first-order valence-electron chi connectivity index (χ1n) is 15.3. The van der Waals surface area contributed by atoms with Gasteiger partial charge in [0.05, 0.1) is 24.5 Å². The van der Waals surface area contributed by atoms with Crippen LogP contribution >= 0.6 is 0 Å². The molecule has 4 aliphatic heterocycles. The van der Waals surface area contributed by atoms with E-state index in [-0.39, 0.29) is 37.1 Å². The second-order valence-corrected chi connectivity index (χ2v) is 12.2. The van der Waals surface area contributed by atoms with Crippen LogP contribution in [0, 0.1) is 17.8 Å². The first-order chi connectivity index (χ1) is 20.9. The van der Waals surface area contributed by atoms with Crippen molar-refractivity contribution in [2.24, 2.45) is 17.8 Å². The molecule has 3 amide bonds. The molecule has 1 aliphatic carbocycles. The van der Waals surface area contributed by atoms with Gasteiger partial charge in [-0.2, -0.15) is 0 Å². The summed E-state index contributed by atoms with van der Waals surface area (Å²) in [6, 6.07) is 11.7. The second-order valence-electron chi connectivity index (χ2n) is 12.2. The van der Waals surface area contributed by atoms with E-state index in [1.807, 2.05) is 37.3 Å². The highest BCUT2D eigenvalue weighted by atomic mass is 16.7. The van der Waals surface area contributed by atoms with Crippen LogP contribution in [0.3, 0.4) is 0 Å². The summed E-state index contributed by atoms with van der Waals surface area (Å²) in [7, 11) is 0. The minimum absolute atomic E-state index is 0.0283. The van der Waals surface area contributed by atoms with Crippen LogP contribution in [0.5, 0.6) is 17.2 Å². The average molecular weight is 588 g/mol. The molecule has 43 heavy (non-hydrogen) atoms. The van der Waals surface area contributed by atoms with Crippen LogP contribution in [0.25, 0.3) is 0 Å². The zero-order valence-electron chi connectivity index (χ0n) is 24.4. The summed E-state index contributed by atoms with van der Waals surface area (Å²) in [6.07, 6.45) is 7.23. The van der Waals surface area contributed by atoms with Crippen LogP contribution in [-0.4, -0.2) is 59.8 Å². The summed E-state index contributed by atoms with van der Waals surface area (Å²) < 4.78 is 23.0. The van der Waals surface area contributed by atoms with E-state index >= 15 is 0 Å². The molecular formula is C33H37N3O7. The smallest absolute Gasteiger partial charge is 0.246 e. The van der Waals surface area contributed by atoms with E-state index in [2.05, 4.69) is 17.6 Å². The number of anilines is 1. The first-order valence-corrected chi connectivity index (χ1v) is 15.3. The molecule has 7 atom stereocenters. The van der Waals surface area contributed by atoms with E-state index in [0.29, 0.717) is 35.5 Å². The molecule has 226 valence electrons. The maximum absolute atomic E-state index is 14.3. The minimum Gasteiger partial charge on any atom is -0.494 e. The zero-order valence-corrected chi connectivity index (χ0v) is 24.4. The molecule has 2 saturated heterocycles. The van der Waals surface area contributed by atoms with Gasteiger partial charge in [-0.1, -0.05) is 38.0 Å². The third kappa shape index (κ3) is 4.72. The number of fused-ring (bicyclic) bond motifs is 2. The Bertz CT molecular complexity index is 1460. The Labute approximate surface area is 250 Å². The van der Waals surface area contributed by atoms with Crippen molar-refractivity contribution in [1.29, 1.82) is 0 Å². The van der Waals surface area contributed by atoms with Crippen molar-refractivity contribution >= 4 is 23.4 Å². The van der Waals surface area contributed by atoms with Gasteiger partial charge in [-0.05, 0) is 67.6 Å². The van der Waals surface area contributed by atoms with E-state index in [1.165, 1.54) is 0 Å². The third-order valence-corrected chi connectivity index (χ3v) is 9.59. The number of hydrogen-bond acceptors (Lipinski definition) is 7. The summed E-state index contributed by atoms with van der Waals surface area (Å²) >= 11 is 0. The summed E-state index contributed by atoms with van der Waals surface area (Å²) in [6.45, 7) is 4.92. The topological polar surface area (TPSA) is 115 Å². The van der Waals surface area contributed by atoms with Crippen molar-refractivity contribution in [2.45, 2.75) is 69.9 Å². The molecule has 3 fully saturated rings. The van der Waals surface area contributed by atoms with Crippen LogP contribution in [-0.2, 0) is 25.7 Å². The average Bonchev–Trinajstić information content (AvgIpc) is 3.76. The van der Waals surface area contributed by atoms with Gasteiger partial charge in [-0.3, -0.25) is 14.4 Å². The predicted octanol–water partition coefficient (Wildman–Crippen LogP) is 3.80. The fraction of sp³-hybridized carbons (Fsp3) is 0.485. The molecule has 4 heterocycles. The van der Waals surface area contributed by atoms with Gasteiger partial charge in [-0.25, -0.2) is 0 Å². The number of rotatable bonds is 8. The number of ether oxygens (including phenoxy) is 4. The highest BCUT2D eigenvalue weighted by Crippen LogP contribution is 2.55. The van der Waals surface area contributed by atoms with Gasteiger partial charge in [0.25, 0.3) is 0 Å². The highest BCUT2D eigenvalue weighted by molar-refractivity contribution is 6.02. The van der Waals surface area contributed by atoms with Crippen molar-refractivity contribution in [3.63, 3.8) is 0 Å². The van der Waals surface area contributed by atoms with E-state index in [9.17, 15) is 14.4 Å². The Hall–Kier alpha value is -4.05. The number of benzene rings is 2. The molecule has 0 aromatic heterocycles. The van der Waals surface area contributed by atoms with Crippen LogP contribution in [0.4, 0.5) is 5.69 Å². The van der Waals surface area contributed by atoms with E-state index < -0.39 is 29.6 Å². The Morgan fingerprint density at radius 1 is 1.05 bits per heavy atom. The molecule has 10 nitrogen and oxygen atoms in total. The number of nitrogens with one attached hydrogen (secondary N) is 2. The van der Waals surface area contributed by atoms with Crippen molar-refractivity contribution in [1.82, 2.24) is 10.2 Å². The standard InChI is InChI=1S/C33H37N3O7/c1-3-40-22-11-9-21(10-12-22)34-30(37)27-25-14-15-33(43-25)28(27)32(39)36(17-20-8-13-24-26(16-20)42-18-41-24)29(33)31(38)35-23-7-5-4-6-19(23)2/h8-16,19,23,25,27-29H,3-7,17-18H2,1-2H3,(H,34,37)(H,35,38)/t19-,23+,25+,27-,28+,29+,33+/m1/s1. The number of nitrogens with zero attached hydrogens (tertiary/aromatic N) is 1. The molecule has 5 aliphatic rings. The first kappa shape index (κ1) is 27.8. The number of amides is 3. The molecule has 1 spiro atoms. The zero-order chi connectivity index (χ0) is 29.7. The number of carbonyl (C=O) groups excluding carboxylic acids is 3. The van der Waals surface area contributed by atoms with E-state index in [4.69, 9.17) is 18.9 Å². The normalized spacial score (nSPS) is 31.7. The quantitative estimate of drug-likeness (QED) is 0.452. The lowest BCUT2D eigenvalue weighted by Gasteiger charge is -2.36. The Morgan fingerprint density at radius 2 is 1.84 bits per heavy atom. The Morgan fingerprint density at radius 3 is 2.63 bits per heavy atom. The number of hydrogen-bond donors (Lipinski definition) is 2. The van der Waals surface area contributed by atoms with Gasteiger partial charge >= 0.3 is 0 Å². The molecule has 10 heteroatoms. The highest BCUT2D eigenvalue weighted by Gasteiger charge is 2.72. The monoisotopic (exact) mass is 587 g/mol. The van der Waals surface area contributed by atoms with Crippen molar-refractivity contribution in [3.8, 4) is 17.2 Å². The molecule has 2 aromatic rings. The largest absolute Gasteiger partial charge is 0.494 e. The van der Waals surface area contributed by atoms with Crippen LogP contribution in [0.2, 0.25) is 0 Å². The van der Waals surface area contributed by atoms with Crippen LogP contribution < -0.4 is 24.8 Å². The van der Waals surface area contributed by atoms with Gasteiger partial charge in [0.15, 0.2) is 11.5 Å². The van der Waals surface area contributed by atoms with Crippen LogP contribution in [0.15, 0.2) is 54.6 Å². The molecule has 1 saturated carbocycles. The molecule has 2 aromatic carbocycles. The van der Waals surface area contributed by atoms with Gasteiger partial charge in [0, 0.05) is 18.3 Å². The van der Waals surface area contributed by atoms with E-state index in [1.54, 1.807) is 29.2 Å². The van der Waals surface area contributed by atoms with Crippen molar-refractivity contribution in [2.75, 3.05) is 18.7 Å². The van der Waals surface area contributed by atoms with Crippen LogP contribution in [0.1, 0.15) is 45.1 Å². The third-order valence-electron chi connectivity index (χ3n) is 9.59. The molecular weight excluding hydrogens is 550 g/mol. The maximum atomic E-state index is 14.3. The number of likely N-dealkylation sites (tertiary alicyclic amines) is 1. The van der Waals surface area contributed by atoms with Gasteiger partial charge in [0.1, 0.15) is 17.4 Å². The van der Waals surface area contributed by atoms with Gasteiger partial charge in [0.2, 0.25) is 24.5 Å². The summed E-state index contributed by atoms with van der Waals surface area (Å²) in [4.78, 5) is 43.9. The SMILES string of the molecule is CCOc1ccc(NC(=O)[C@@H]2[C@@H]3C=C[C@]4(O3)[C@@H]2C(=O)N(Cc2ccc3c(c2)OCO3)[C@H]4C(=O)N[C@H]2CCCC[C@H]2C)cc1. The lowest BCUT2D eigenvalue weighted by Crippen LogP contribution is -2.57.